The number of hydrogen-bond donors (Lipinski definition) is 2. The van der Waals surface area contributed by atoms with Gasteiger partial charge in [-0.2, -0.15) is 0 Å². The summed E-state index contributed by atoms with van der Waals surface area (Å²) in [5.74, 6) is 0.241. The lowest BCUT2D eigenvalue weighted by Crippen LogP contribution is -2.32. The molecular weight excluding hydrogens is 328 g/mol. The van der Waals surface area contributed by atoms with E-state index in [0.29, 0.717) is 17.9 Å². The van der Waals surface area contributed by atoms with Crippen molar-refractivity contribution in [3.63, 3.8) is 0 Å². The largest absolute Gasteiger partial charge is 0.481 e. The van der Waals surface area contributed by atoms with Gasteiger partial charge in [-0.25, -0.2) is 13.6 Å². The number of ether oxygens (including phenoxy) is 1. The van der Waals surface area contributed by atoms with Crippen LogP contribution in [0.15, 0.2) is 53.4 Å². The Kier molecular flexibility index (Phi) is 5.58. The number of carbonyl (C=O) groups is 1. The Morgan fingerprint density at radius 3 is 2.46 bits per heavy atom. The Morgan fingerprint density at radius 1 is 1.21 bits per heavy atom. The average molecular weight is 348 g/mol. The molecule has 0 saturated carbocycles. The van der Waals surface area contributed by atoms with E-state index in [2.05, 4.69) is 5.32 Å². The van der Waals surface area contributed by atoms with Crippen LogP contribution in [0, 0.1) is 6.92 Å². The number of para-hydroxylation sites is 1. The van der Waals surface area contributed by atoms with Crippen LogP contribution in [-0.2, 0) is 14.8 Å². The zero-order chi connectivity index (χ0) is 17.7. The second-order valence-electron chi connectivity index (χ2n) is 5.34. The highest BCUT2D eigenvalue weighted by atomic mass is 32.2. The summed E-state index contributed by atoms with van der Waals surface area (Å²) in [6, 6.07) is 13.4. The number of benzene rings is 2. The fourth-order valence-corrected chi connectivity index (χ4v) is 2.65. The summed E-state index contributed by atoms with van der Waals surface area (Å²) in [7, 11) is -3.83. The van der Waals surface area contributed by atoms with Crippen molar-refractivity contribution in [1.29, 1.82) is 0 Å². The zero-order valence-electron chi connectivity index (χ0n) is 13.5. The number of amides is 1. The van der Waals surface area contributed by atoms with Crippen LogP contribution in [-0.4, -0.2) is 20.4 Å². The Morgan fingerprint density at radius 2 is 1.88 bits per heavy atom. The zero-order valence-corrected chi connectivity index (χ0v) is 14.3. The van der Waals surface area contributed by atoms with Gasteiger partial charge in [-0.1, -0.05) is 31.2 Å². The van der Waals surface area contributed by atoms with Crippen molar-refractivity contribution in [2.24, 2.45) is 5.14 Å². The van der Waals surface area contributed by atoms with E-state index < -0.39 is 16.1 Å². The Balaban J connectivity index is 2.18. The molecule has 6 nitrogen and oxygen atoms in total. The summed E-state index contributed by atoms with van der Waals surface area (Å²) >= 11 is 0. The van der Waals surface area contributed by atoms with E-state index in [-0.39, 0.29) is 10.8 Å². The van der Waals surface area contributed by atoms with E-state index in [1.165, 1.54) is 12.1 Å². The van der Waals surface area contributed by atoms with Crippen LogP contribution in [0.2, 0.25) is 0 Å². The average Bonchev–Trinajstić information content (AvgIpc) is 2.54. The van der Waals surface area contributed by atoms with E-state index in [9.17, 15) is 13.2 Å². The second-order valence-corrected chi connectivity index (χ2v) is 6.90. The van der Waals surface area contributed by atoms with Gasteiger partial charge in [0, 0.05) is 5.69 Å². The third kappa shape index (κ3) is 4.56. The van der Waals surface area contributed by atoms with E-state index in [1.807, 2.05) is 25.1 Å². The van der Waals surface area contributed by atoms with E-state index in [1.54, 1.807) is 25.1 Å². The highest BCUT2D eigenvalue weighted by molar-refractivity contribution is 7.89. The first-order valence-corrected chi connectivity index (χ1v) is 9.02. The van der Waals surface area contributed by atoms with Gasteiger partial charge in [0.1, 0.15) is 5.75 Å². The molecule has 1 atom stereocenters. The number of hydrogen-bond acceptors (Lipinski definition) is 4. The molecular formula is C17H20N2O4S. The molecule has 24 heavy (non-hydrogen) atoms. The minimum absolute atomic E-state index is 0.0552. The van der Waals surface area contributed by atoms with Crippen molar-refractivity contribution < 1.29 is 17.9 Å². The first-order chi connectivity index (χ1) is 11.3. The van der Waals surface area contributed by atoms with Crippen molar-refractivity contribution in [3.8, 4) is 5.75 Å². The predicted molar refractivity (Wildman–Crippen MR) is 92.3 cm³/mol. The minimum atomic E-state index is -3.83. The standard InChI is InChI=1S/C17H20N2O4S/c1-3-16(23-13-7-5-4-6-8-13)17(20)19-15-11-14(24(18,21)22)10-9-12(15)2/h4-11,16H,3H2,1-2H3,(H,19,20)(H2,18,21,22). The summed E-state index contributed by atoms with van der Waals surface area (Å²) in [6.07, 6.45) is -0.223. The van der Waals surface area contributed by atoms with Gasteiger partial charge in [0.05, 0.1) is 4.90 Å². The number of rotatable bonds is 6. The summed E-state index contributed by atoms with van der Waals surface area (Å²) in [5.41, 5.74) is 1.12. The van der Waals surface area contributed by atoms with E-state index in [4.69, 9.17) is 9.88 Å². The summed E-state index contributed by atoms with van der Waals surface area (Å²) < 4.78 is 28.6. The molecule has 2 rings (SSSR count). The number of carbonyl (C=O) groups excluding carboxylic acids is 1. The van der Waals surface area contributed by atoms with Crippen LogP contribution < -0.4 is 15.2 Å². The number of nitrogens with two attached hydrogens (primary N) is 1. The highest BCUT2D eigenvalue weighted by Gasteiger charge is 2.20. The molecule has 2 aromatic carbocycles. The summed E-state index contributed by atoms with van der Waals surface area (Å²) in [5, 5.41) is 7.84. The lowest BCUT2D eigenvalue weighted by Gasteiger charge is -2.18. The lowest BCUT2D eigenvalue weighted by atomic mass is 10.2. The molecule has 1 unspecified atom stereocenters. The first kappa shape index (κ1) is 18.0. The number of sulfonamides is 1. The summed E-state index contributed by atoms with van der Waals surface area (Å²) in [4.78, 5) is 12.4. The van der Waals surface area contributed by atoms with Crippen LogP contribution in [0.3, 0.4) is 0 Å². The molecule has 7 heteroatoms. The molecule has 1 amide bonds. The molecule has 0 radical (unpaired) electrons. The molecule has 0 heterocycles. The molecule has 0 fully saturated rings. The topological polar surface area (TPSA) is 98.5 Å². The quantitative estimate of drug-likeness (QED) is 0.837. The van der Waals surface area contributed by atoms with Gasteiger partial charge in [0.25, 0.3) is 5.91 Å². The molecule has 0 aliphatic carbocycles. The fraction of sp³-hybridized carbons (Fsp3) is 0.235. The smallest absolute Gasteiger partial charge is 0.265 e. The van der Waals surface area contributed by atoms with Crippen LogP contribution >= 0.6 is 0 Å². The molecule has 0 aromatic heterocycles. The fourth-order valence-electron chi connectivity index (χ4n) is 2.11. The van der Waals surface area contributed by atoms with E-state index >= 15 is 0 Å². The number of primary sulfonamides is 1. The molecule has 0 aliphatic heterocycles. The third-order valence-electron chi connectivity index (χ3n) is 3.48. The minimum Gasteiger partial charge on any atom is -0.481 e. The van der Waals surface area contributed by atoms with Gasteiger partial charge in [-0.05, 0) is 43.2 Å². The van der Waals surface area contributed by atoms with Gasteiger partial charge in [-0.3, -0.25) is 4.79 Å². The van der Waals surface area contributed by atoms with Crippen LogP contribution in [0.25, 0.3) is 0 Å². The van der Waals surface area contributed by atoms with Gasteiger partial charge < -0.3 is 10.1 Å². The normalized spacial score (nSPS) is 12.5. The van der Waals surface area contributed by atoms with Gasteiger partial charge >= 0.3 is 0 Å². The number of nitrogens with one attached hydrogen (secondary N) is 1. The molecule has 0 spiro atoms. The molecule has 2 aromatic rings. The molecule has 128 valence electrons. The maximum absolute atomic E-state index is 12.4. The SMILES string of the molecule is CCC(Oc1ccccc1)C(=O)Nc1cc(S(N)(=O)=O)ccc1C. The maximum atomic E-state index is 12.4. The van der Waals surface area contributed by atoms with Crippen molar-refractivity contribution in [1.82, 2.24) is 0 Å². The predicted octanol–water partition coefficient (Wildman–Crippen LogP) is 2.44. The number of aryl methyl sites for hydroxylation is 1. The molecule has 0 bridgehead atoms. The summed E-state index contributed by atoms with van der Waals surface area (Å²) in [6.45, 7) is 3.60. The lowest BCUT2D eigenvalue weighted by molar-refractivity contribution is -0.122. The van der Waals surface area contributed by atoms with Crippen LogP contribution in [0.1, 0.15) is 18.9 Å². The second kappa shape index (κ2) is 7.46. The third-order valence-corrected chi connectivity index (χ3v) is 4.39. The molecule has 3 N–H and O–H groups in total. The van der Waals surface area contributed by atoms with Gasteiger partial charge in [0.15, 0.2) is 6.10 Å². The van der Waals surface area contributed by atoms with Gasteiger partial charge in [-0.15, -0.1) is 0 Å². The van der Waals surface area contributed by atoms with Crippen LogP contribution in [0.4, 0.5) is 5.69 Å². The molecule has 0 aliphatic rings. The van der Waals surface area contributed by atoms with Crippen LogP contribution in [0.5, 0.6) is 5.75 Å². The van der Waals surface area contributed by atoms with Gasteiger partial charge in [0.2, 0.25) is 10.0 Å². The monoisotopic (exact) mass is 348 g/mol. The Bertz CT molecular complexity index is 820. The first-order valence-electron chi connectivity index (χ1n) is 7.47. The number of anilines is 1. The highest BCUT2D eigenvalue weighted by Crippen LogP contribution is 2.21. The van der Waals surface area contributed by atoms with Crippen molar-refractivity contribution >= 4 is 21.6 Å². The molecule has 0 saturated heterocycles. The van der Waals surface area contributed by atoms with Crippen molar-refractivity contribution in [3.05, 3.63) is 54.1 Å². The van der Waals surface area contributed by atoms with Crippen molar-refractivity contribution in [2.75, 3.05) is 5.32 Å². The Hall–Kier alpha value is -2.38. The Labute approximate surface area is 141 Å². The van der Waals surface area contributed by atoms with E-state index in [0.717, 1.165) is 5.56 Å². The maximum Gasteiger partial charge on any atom is 0.265 e. The van der Waals surface area contributed by atoms with Crippen molar-refractivity contribution in [2.45, 2.75) is 31.3 Å².